The van der Waals surface area contributed by atoms with Crippen LogP contribution in [0.2, 0.25) is 0 Å². The maximum absolute atomic E-state index is 5.80. The summed E-state index contributed by atoms with van der Waals surface area (Å²) in [6.07, 6.45) is 0. The van der Waals surface area contributed by atoms with Crippen LogP contribution in [-0.4, -0.2) is 33.5 Å². The zero-order valence-corrected chi connectivity index (χ0v) is 14.1. The molecule has 4 heteroatoms. The zero-order valence-electron chi connectivity index (χ0n) is 14.1. The van der Waals surface area contributed by atoms with Crippen LogP contribution in [0, 0.1) is 13.8 Å². The Bertz CT molecular complexity index is 596. The molecule has 0 aliphatic carbocycles. The van der Waals surface area contributed by atoms with Crippen LogP contribution in [0.4, 0.5) is 5.69 Å². The van der Waals surface area contributed by atoms with E-state index in [1.165, 1.54) is 11.1 Å². The molecule has 0 heterocycles. The molecular formula is C19H25NO3. The van der Waals surface area contributed by atoms with Gasteiger partial charge in [-0.3, -0.25) is 0 Å². The van der Waals surface area contributed by atoms with Gasteiger partial charge in [-0.05, 0) is 49.7 Å². The molecule has 23 heavy (non-hydrogen) atoms. The van der Waals surface area contributed by atoms with E-state index in [2.05, 4.69) is 31.3 Å². The van der Waals surface area contributed by atoms with Gasteiger partial charge in [-0.15, -0.1) is 0 Å². The lowest BCUT2D eigenvalue weighted by atomic mass is 10.1. The molecule has 124 valence electrons. The zero-order chi connectivity index (χ0) is 16.5. The Morgan fingerprint density at radius 2 is 1.65 bits per heavy atom. The predicted molar refractivity (Wildman–Crippen MR) is 93.7 cm³/mol. The third-order valence-electron chi connectivity index (χ3n) is 3.43. The minimum Gasteiger partial charge on any atom is -0.491 e. The van der Waals surface area contributed by atoms with Crippen molar-refractivity contribution in [3.05, 3.63) is 53.6 Å². The number of hydrogen-bond acceptors (Lipinski definition) is 4. The smallest absolute Gasteiger partial charge is 0.122 e. The van der Waals surface area contributed by atoms with E-state index in [1.54, 1.807) is 7.11 Å². The Morgan fingerprint density at radius 3 is 2.35 bits per heavy atom. The number of nitrogens with one attached hydrogen (secondary N) is 1. The van der Waals surface area contributed by atoms with E-state index in [-0.39, 0.29) is 0 Å². The van der Waals surface area contributed by atoms with E-state index in [0.29, 0.717) is 19.8 Å². The Labute approximate surface area is 138 Å². The maximum atomic E-state index is 5.80. The average molecular weight is 315 g/mol. The first-order valence-corrected chi connectivity index (χ1v) is 7.85. The molecule has 1 N–H and O–H groups in total. The fourth-order valence-corrected chi connectivity index (χ4v) is 2.23. The van der Waals surface area contributed by atoms with E-state index in [9.17, 15) is 0 Å². The average Bonchev–Trinajstić information content (AvgIpc) is 2.55. The fraction of sp³-hybridized carbons (Fsp3) is 0.368. The van der Waals surface area contributed by atoms with E-state index >= 15 is 0 Å². The topological polar surface area (TPSA) is 39.7 Å². The second-order valence-corrected chi connectivity index (χ2v) is 5.41. The highest BCUT2D eigenvalue weighted by atomic mass is 16.5. The monoisotopic (exact) mass is 315 g/mol. The number of rotatable bonds is 9. The molecule has 0 aromatic heterocycles. The van der Waals surface area contributed by atoms with Crippen molar-refractivity contribution < 1.29 is 14.2 Å². The van der Waals surface area contributed by atoms with Gasteiger partial charge < -0.3 is 19.5 Å². The molecular weight excluding hydrogens is 290 g/mol. The van der Waals surface area contributed by atoms with Gasteiger partial charge >= 0.3 is 0 Å². The van der Waals surface area contributed by atoms with Gasteiger partial charge in [-0.2, -0.15) is 0 Å². The fourth-order valence-electron chi connectivity index (χ4n) is 2.23. The number of methoxy groups -OCH3 is 1. The number of anilines is 1. The molecule has 0 spiro atoms. The number of aryl methyl sites for hydroxylation is 2. The van der Waals surface area contributed by atoms with Crippen molar-refractivity contribution in [1.82, 2.24) is 0 Å². The summed E-state index contributed by atoms with van der Waals surface area (Å²) in [5.41, 5.74) is 3.47. The molecule has 0 unspecified atom stereocenters. The van der Waals surface area contributed by atoms with Crippen molar-refractivity contribution >= 4 is 5.69 Å². The van der Waals surface area contributed by atoms with Crippen LogP contribution in [-0.2, 0) is 4.74 Å². The van der Waals surface area contributed by atoms with Crippen LogP contribution in [0.3, 0.4) is 0 Å². The molecule has 0 amide bonds. The standard InChI is InChI=1S/C19H25NO3/c1-15-4-9-19(16(2)14-15)23-11-10-20-17-5-7-18(8-6-17)22-13-12-21-3/h4-9,14,20H,10-13H2,1-3H3. The minimum atomic E-state index is 0.563. The lowest BCUT2D eigenvalue weighted by Gasteiger charge is -2.11. The molecule has 2 aromatic rings. The summed E-state index contributed by atoms with van der Waals surface area (Å²) >= 11 is 0. The van der Waals surface area contributed by atoms with Crippen molar-refractivity contribution in [1.29, 1.82) is 0 Å². The summed E-state index contributed by atoms with van der Waals surface area (Å²) in [7, 11) is 1.66. The summed E-state index contributed by atoms with van der Waals surface area (Å²) in [4.78, 5) is 0. The summed E-state index contributed by atoms with van der Waals surface area (Å²) in [5, 5.41) is 3.33. The summed E-state index contributed by atoms with van der Waals surface area (Å²) in [5.74, 6) is 1.79. The van der Waals surface area contributed by atoms with Gasteiger partial charge in [0.25, 0.3) is 0 Å². The highest BCUT2D eigenvalue weighted by molar-refractivity contribution is 5.46. The van der Waals surface area contributed by atoms with E-state index in [4.69, 9.17) is 14.2 Å². The Hall–Kier alpha value is -2.20. The largest absolute Gasteiger partial charge is 0.491 e. The van der Waals surface area contributed by atoms with Gasteiger partial charge in [0.2, 0.25) is 0 Å². The summed E-state index contributed by atoms with van der Waals surface area (Å²) in [6.45, 7) is 6.68. The van der Waals surface area contributed by atoms with Crippen LogP contribution in [0.1, 0.15) is 11.1 Å². The van der Waals surface area contributed by atoms with E-state index in [1.807, 2.05) is 30.3 Å². The number of benzene rings is 2. The third kappa shape index (κ3) is 5.83. The SMILES string of the molecule is COCCOc1ccc(NCCOc2ccc(C)cc2C)cc1. The molecule has 0 saturated heterocycles. The van der Waals surface area contributed by atoms with Crippen LogP contribution >= 0.6 is 0 Å². The van der Waals surface area contributed by atoms with Crippen molar-refractivity contribution in [3.8, 4) is 11.5 Å². The van der Waals surface area contributed by atoms with E-state index in [0.717, 1.165) is 23.7 Å². The molecule has 2 rings (SSSR count). The van der Waals surface area contributed by atoms with Crippen molar-refractivity contribution in [2.45, 2.75) is 13.8 Å². The first-order valence-electron chi connectivity index (χ1n) is 7.85. The lowest BCUT2D eigenvalue weighted by Crippen LogP contribution is -2.12. The first kappa shape index (κ1) is 17.2. The first-order chi connectivity index (χ1) is 11.2. The van der Waals surface area contributed by atoms with Gasteiger partial charge in [0.15, 0.2) is 0 Å². The van der Waals surface area contributed by atoms with Crippen molar-refractivity contribution in [2.24, 2.45) is 0 Å². The predicted octanol–water partition coefficient (Wildman–Crippen LogP) is 3.82. The molecule has 2 aromatic carbocycles. The van der Waals surface area contributed by atoms with Crippen molar-refractivity contribution in [3.63, 3.8) is 0 Å². The second kappa shape index (κ2) is 9.06. The van der Waals surface area contributed by atoms with Gasteiger partial charge in [0.05, 0.1) is 6.61 Å². The maximum Gasteiger partial charge on any atom is 0.122 e. The molecule has 0 radical (unpaired) electrons. The molecule has 0 aliphatic heterocycles. The molecule has 0 fully saturated rings. The van der Waals surface area contributed by atoms with Crippen molar-refractivity contribution in [2.75, 3.05) is 38.8 Å². The highest BCUT2D eigenvalue weighted by Crippen LogP contribution is 2.19. The quantitative estimate of drug-likeness (QED) is 0.714. The molecule has 0 aliphatic rings. The summed E-state index contributed by atoms with van der Waals surface area (Å²) in [6, 6.07) is 14.1. The minimum absolute atomic E-state index is 0.563. The van der Waals surface area contributed by atoms with E-state index < -0.39 is 0 Å². The number of ether oxygens (including phenoxy) is 3. The Kier molecular flexibility index (Phi) is 6.76. The molecule has 0 saturated carbocycles. The van der Waals surface area contributed by atoms with Gasteiger partial charge in [-0.1, -0.05) is 17.7 Å². The van der Waals surface area contributed by atoms with Gasteiger partial charge in [0.1, 0.15) is 24.7 Å². The Morgan fingerprint density at radius 1 is 0.870 bits per heavy atom. The highest BCUT2D eigenvalue weighted by Gasteiger charge is 2.00. The van der Waals surface area contributed by atoms with Gasteiger partial charge in [-0.25, -0.2) is 0 Å². The summed E-state index contributed by atoms with van der Waals surface area (Å²) < 4.78 is 16.3. The van der Waals surface area contributed by atoms with Crippen LogP contribution in [0.15, 0.2) is 42.5 Å². The van der Waals surface area contributed by atoms with Crippen LogP contribution in [0.25, 0.3) is 0 Å². The van der Waals surface area contributed by atoms with Crippen LogP contribution in [0.5, 0.6) is 11.5 Å². The molecule has 0 bridgehead atoms. The molecule has 4 nitrogen and oxygen atoms in total. The normalized spacial score (nSPS) is 10.4. The second-order valence-electron chi connectivity index (χ2n) is 5.41. The third-order valence-corrected chi connectivity index (χ3v) is 3.43. The number of hydrogen-bond donors (Lipinski definition) is 1. The van der Waals surface area contributed by atoms with Crippen LogP contribution < -0.4 is 14.8 Å². The van der Waals surface area contributed by atoms with Gasteiger partial charge in [0, 0.05) is 19.3 Å². The molecule has 0 atom stereocenters. The lowest BCUT2D eigenvalue weighted by molar-refractivity contribution is 0.146. The Balaban J connectivity index is 1.71.